The molecule has 0 radical (unpaired) electrons. The molecule has 0 bridgehead atoms. The molecule has 0 aliphatic heterocycles. The van der Waals surface area contributed by atoms with Crippen LogP contribution in [0.1, 0.15) is 41.5 Å². The summed E-state index contributed by atoms with van der Waals surface area (Å²) in [6.07, 6.45) is 0. The zero-order valence-electron chi connectivity index (χ0n) is 18.4. The summed E-state index contributed by atoms with van der Waals surface area (Å²) in [7, 11) is 14.0. The minimum absolute atomic E-state index is 0.0833. The third kappa shape index (κ3) is 3420. The summed E-state index contributed by atoms with van der Waals surface area (Å²) >= 11 is 13.0. The van der Waals surface area contributed by atoms with Gasteiger partial charge in [0.1, 0.15) is 0 Å². The summed E-state index contributed by atoms with van der Waals surface area (Å²) in [5, 5.41) is 14.0. The quantitative estimate of drug-likeness (QED) is 0.326. The Labute approximate surface area is 184 Å². The van der Waals surface area contributed by atoms with E-state index in [1.54, 1.807) is 88.3 Å². The molecule has 0 N–H and O–H groups in total. The molecule has 0 atom stereocenters. The second kappa shape index (κ2) is 44.4. The molecule has 0 fully saturated rings. The number of hydrogen-bond donors (Lipinski definition) is 0. The van der Waals surface area contributed by atoms with Crippen LogP contribution in [0.3, 0.4) is 0 Å². The Morgan fingerprint density at radius 1 is 0.458 bits per heavy atom. The molecule has 8 heteroatoms. The van der Waals surface area contributed by atoms with E-state index in [2.05, 4.69) is 21.3 Å². The fraction of sp³-hybridized carbons (Fsp3) is 1.00. The molecule has 0 unspecified atom stereocenters. The normalized spacial score (nSPS) is 8.08. The Balaban J connectivity index is -0.0000000288. The summed E-state index contributed by atoms with van der Waals surface area (Å²) in [6.45, 7) is 12.0. The Bertz CT molecular complexity index is 140. The molecule has 24 heavy (non-hydrogen) atoms. The third-order valence-corrected chi connectivity index (χ3v) is 0. The van der Waals surface area contributed by atoms with Gasteiger partial charge in [-0.15, -0.1) is 0 Å². The Morgan fingerprint density at radius 2 is 0.458 bits per heavy atom. The molecular weight excluding hydrogens is 680 g/mol. The van der Waals surface area contributed by atoms with E-state index in [1.165, 1.54) is 0 Å². The van der Waals surface area contributed by atoms with Crippen LogP contribution in [0, 0.1) is 0 Å². The fourth-order valence-corrected chi connectivity index (χ4v) is 0. The molecule has 0 spiro atoms. The van der Waals surface area contributed by atoms with E-state index in [0.29, 0.717) is 0 Å². The Hall–Kier alpha value is 1.92. The van der Waals surface area contributed by atoms with Gasteiger partial charge in [-0.05, 0) is 0 Å². The van der Waals surface area contributed by atoms with Crippen LogP contribution in [-0.2, 0) is 57.1 Å². The van der Waals surface area contributed by atoms with Crippen LogP contribution in [-0.4, -0.2) is 65.9 Å². The van der Waals surface area contributed by atoms with E-state index in [0.717, 1.165) is 0 Å². The summed E-state index contributed by atoms with van der Waals surface area (Å²) in [6, 6.07) is 0. The van der Waals surface area contributed by atoms with Crippen molar-refractivity contribution in [1.82, 2.24) is 0 Å². The molecule has 4 nitrogen and oxygen atoms in total. The number of hydrogen-bond acceptors (Lipinski definition) is 2. The predicted octanol–water partition coefficient (Wildman–Crippen LogP) is 5.14. The van der Waals surface area contributed by atoms with Crippen LogP contribution in [0.2, 0.25) is 0 Å². The SMILES string of the molecule is CC(C)(C)[S-].CC(C)(C)[S-].C[N-]C.C[N-]C.C[N-]C.C[N-]C.[W]#[W]. The first-order valence-electron chi connectivity index (χ1n) is 7.15. The van der Waals surface area contributed by atoms with Gasteiger partial charge >= 0.3 is 31.9 Å². The molecule has 0 amide bonds. The molecule has 0 rings (SSSR count). The first-order valence-corrected chi connectivity index (χ1v) is 19.0. The first-order chi connectivity index (χ1) is 10.7. The van der Waals surface area contributed by atoms with Gasteiger partial charge < -0.3 is 46.5 Å². The monoisotopic (exact) mass is 722 g/mol. The van der Waals surface area contributed by atoms with Crippen LogP contribution < -0.4 is 0 Å². The van der Waals surface area contributed by atoms with Gasteiger partial charge in [0.15, 0.2) is 0 Å². The van der Waals surface area contributed by atoms with Crippen molar-refractivity contribution in [3.63, 3.8) is 0 Å². The van der Waals surface area contributed by atoms with Gasteiger partial charge in [-0.2, -0.15) is 65.9 Å². The summed E-state index contributed by atoms with van der Waals surface area (Å²) in [5.41, 5.74) is 0. The molecular formula is C16H42N4S2W2-6. The van der Waals surface area contributed by atoms with E-state index in [-0.39, 0.29) is 9.49 Å². The maximum atomic E-state index is 4.83. The standard InChI is InChI=1S/2C4H10S.4C2H6N.2W/c2*1-4(2,3)5;4*1-3-2;;/h2*5H,1-3H3;4*1-2H3;;/q;;4*-1;;/p-2. The van der Waals surface area contributed by atoms with Gasteiger partial charge in [0.25, 0.3) is 0 Å². The average molecular weight is 722 g/mol. The summed E-state index contributed by atoms with van der Waals surface area (Å²) in [5.74, 6) is 0. The molecule has 0 aromatic heterocycles. The van der Waals surface area contributed by atoms with Gasteiger partial charge in [-0.1, -0.05) is 41.5 Å². The summed E-state index contributed by atoms with van der Waals surface area (Å²) < 4.78 is 0.167. The van der Waals surface area contributed by atoms with E-state index in [9.17, 15) is 0 Å². The van der Waals surface area contributed by atoms with Crippen LogP contribution in [0.4, 0.5) is 0 Å². The number of nitrogens with zero attached hydrogens (tertiary/aromatic N) is 4. The van der Waals surface area contributed by atoms with Gasteiger partial charge in [0, 0.05) is 0 Å². The maximum absolute atomic E-state index is 4.83. The van der Waals surface area contributed by atoms with Gasteiger partial charge in [-0.3, -0.25) is 0 Å². The van der Waals surface area contributed by atoms with Crippen LogP contribution in [0.5, 0.6) is 0 Å². The Morgan fingerprint density at radius 3 is 0.458 bits per heavy atom. The molecule has 0 aliphatic rings. The fourth-order valence-electron chi connectivity index (χ4n) is 0. The van der Waals surface area contributed by atoms with Crippen molar-refractivity contribution in [2.45, 2.75) is 51.0 Å². The minimum atomic E-state index is 0.0833. The predicted molar refractivity (Wildman–Crippen MR) is 115 cm³/mol. The van der Waals surface area contributed by atoms with Crippen molar-refractivity contribution in [2.75, 3.05) is 56.4 Å². The third-order valence-electron chi connectivity index (χ3n) is 0. The molecule has 0 heterocycles. The van der Waals surface area contributed by atoms with Crippen molar-refractivity contribution in [1.29, 1.82) is 0 Å². The summed E-state index contributed by atoms with van der Waals surface area (Å²) in [4.78, 5) is 0. The van der Waals surface area contributed by atoms with Crippen molar-refractivity contribution >= 4 is 25.3 Å². The second-order valence-electron chi connectivity index (χ2n) is 6.01. The molecule has 0 aliphatic carbocycles. The van der Waals surface area contributed by atoms with E-state index in [4.69, 9.17) is 25.3 Å². The van der Waals surface area contributed by atoms with Gasteiger partial charge in [0.2, 0.25) is 0 Å². The van der Waals surface area contributed by atoms with Crippen LogP contribution in [0.15, 0.2) is 0 Å². The van der Waals surface area contributed by atoms with Crippen LogP contribution in [0.25, 0.3) is 21.3 Å². The van der Waals surface area contributed by atoms with Crippen molar-refractivity contribution in [3.05, 3.63) is 21.3 Å². The van der Waals surface area contributed by atoms with E-state index >= 15 is 0 Å². The van der Waals surface area contributed by atoms with Crippen molar-refractivity contribution < 1.29 is 31.9 Å². The Kier molecular flexibility index (Phi) is 83.2. The van der Waals surface area contributed by atoms with E-state index in [1.807, 2.05) is 41.5 Å². The topological polar surface area (TPSA) is 56.4 Å². The van der Waals surface area contributed by atoms with Crippen molar-refractivity contribution in [3.8, 4) is 0 Å². The first kappa shape index (κ1) is 45.0. The number of rotatable bonds is 0. The van der Waals surface area contributed by atoms with E-state index < -0.39 is 0 Å². The van der Waals surface area contributed by atoms with Gasteiger partial charge in [-0.25, -0.2) is 0 Å². The van der Waals surface area contributed by atoms with Crippen LogP contribution >= 0.6 is 0 Å². The van der Waals surface area contributed by atoms with Crippen molar-refractivity contribution in [2.24, 2.45) is 0 Å². The zero-order valence-corrected chi connectivity index (χ0v) is 25.9. The average Bonchev–Trinajstić information content (AvgIpc) is 2.30. The molecule has 0 saturated heterocycles. The molecule has 0 aromatic carbocycles. The van der Waals surface area contributed by atoms with Gasteiger partial charge in [0.05, 0.1) is 0 Å². The molecule has 156 valence electrons. The second-order valence-corrected chi connectivity index (χ2v) is 8.46. The molecule has 0 aromatic rings. The molecule has 0 saturated carbocycles. The zero-order chi connectivity index (χ0) is 21.8.